The number of benzene rings is 1. The molecule has 0 bridgehead atoms. The molecule has 2 atom stereocenters. The summed E-state index contributed by atoms with van der Waals surface area (Å²) in [6.45, 7) is 4.99. The molecule has 3 N–H and O–H groups in total. The number of hydrogen-bond acceptors (Lipinski definition) is 8. The predicted molar refractivity (Wildman–Crippen MR) is 123 cm³/mol. The lowest BCUT2D eigenvalue weighted by atomic mass is 9.88. The molecule has 33 heavy (non-hydrogen) atoms. The fourth-order valence-electron chi connectivity index (χ4n) is 4.35. The molecule has 3 aromatic rings. The molecule has 0 radical (unpaired) electrons. The van der Waals surface area contributed by atoms with E-state index in [1.165, 1.54) is 18.2 Å². The van der Waals surface area contributed by atoms with Crippen LogP contribution in [0.25, 0.3) is 0 Å². The first-order valence-corrected chi connectivity index (χ1v) is 13.0. The van der Waals surface area contributed by atoms with E-state index in [9.17, 15) is 18.3 Å². The average molecular weight is 494 g/mol. The highest BCUT2D eigenvalue weighted by Crippen LogP contribution is 2.42. The van der Waals surface area contributed by atoms with Gasteiger partial charge in [-0.1, -0.05) is 25.1 Å². The fourth-order valence-corrected chi connectivity index (χ4v) is 7.25. The molecule has 0 saturated carbocycles. The minimum atomic E-state index is -4.13. The third-order valence-electron chi connectivity index (χ3n) is 6.00. The van der Waals surface area contributed by atoms with Crippen molar-refractivity contribution in [3.63, 3.8) is 0 Å². The fraction of sp³-hybridized carbons (Fsp3) is 0.455. The van der Waals surface area contributed by atoms with Crippen LogP contribution in [0.2, 0.25) is 0 Å². The SMILES string of the molecule is COc1c(C(C)(C)O)csc1S(=O)(=O)N[C@H](c1n[nH]c(=O)o1)[C@H](C)c1cccc2c1CCC2. The highest BCUT2D eigenvalue weighted by Gasteiger charge is 2.36. The van der Waals surface area contributed by atoms with Crippen LogP contribution in [-0.2, 0) is 28.5 Å². The highest BCUT2D eigenvalue weighted by molar-refractivity contribution is 7.91. The second-order valence-corrected chi connectivity index (χ2v) is 11.5. The maximum atomic E-state index is 13.5. The van der Waals surface area contributed by atoms with Crippen LogP contribution in [0, 0.1) is 0 Å². The van der Waals surface area contributed by atoms with Crippen LogP contribution in [-0.4, -0.2) is 30.8 Å². The topological polar surface area (TPSA) is 135 Å². The van der Waals surface area contributed by atoms with Crippen molar-refractivity contribution in [3.05, 3.63) is 62.3 Å². The number of H-pyrrole nitrogens is 1. The van der Waals surface area contributed by atoms with Crippen molar-refractivity contribution in [2.45, 2.75) is 61.8 Å². The Morgan fingerprint density at radius 2 is 2.09 bits per heavy atom. The summed E-state index contributed by atoms with van der Waals surface area (Å²) in [6, 6.07) is 5.07. The summed E-state index contributed by atoms with van der Waals surface area (Å²) in [6.07, 6.45) is 2.93. The second kappa shape index (κ2) is 8.71. The average Bonchev–Trinajstić information content (AvgIpc) is 3.49. The first-order valence-electron chi connectivity index (χ1n) is 10.6. The Labute approximate surface area is 195 Å². The van der Waals surface area contributed by atoms with Crippen LogP contribution >= 0.6 is 11.3 Å². The van der Waals surface area contributed by atoms with E-state index >= 15 is 0 Å². The molecular formula is C22H27N3O6S2. The number of sulfonamides is 1. The van der Waals surface area contributed by atoms with Crippen molar-refractivity contribution in [1.82, 2.24) is 14.9 Å². The van der Waals surface area contributed by atoms with Gasteiger partial charge in [0.25, 0.3) is 10.0 Å². The van der Waals surface area contributed by atoms with Gasteiger partial charge in [-0.2, -0.15) is 4.72 Å². The lowest BCUT2D eigenvalue weighted by Crippen LogP contribution is -2.32. The Morgan fingerprint density at radius 3 is 2.73 bits per heavy atom. The van der Waals surface area contributed by atoms with Gasteiger partial charge < -0.3 is 14.3 Å². The lowest BCUT2D eigenvalue weighted by Gasteiger charge is -2.24. The summed E-state index contributed by atoms with van der Waals surface area (Å²) in [5, 5.41) is 18.1. The van der Waals surface area contributed by atoms with Gasteiger partial charge in [0.05, 0.1) is 12.7 Å². The molecule has 9 nitrogen and oxygen atoms in total. The number of hydrogen-bond donors (Lipinski definition) is 3. The van der Waals surface area contributed by atoms with Crippen molar-refractivity contribution < 1.29 is 22.7 Å². The molecule has 1 aromatic carbocycles. The molecule has 2 heterocycles. The summed E-state index contributed by atoms with van der Waals surface area (Å²) in [5.41, 5.74) is 2.51. The van der Waals surface area contributed by atoms with E-state index < -0.39 is 27.4 Å². The zero-order valence-electron chi connectivity index (χ0n) is 18.8. The number of nitrogens with one attached hydrogen (secondary N) is 2. The molecule has 4 rings (SSSR count). The standard InChI is InChI=1S/C22H27N3O6S2/c1-12(14-9-5-7-13-8-6-10-15(13)14)17(19-23-24-21(26)31-19)25-33(28,29)20-18(30-4)16(11-32-20)22(2,3)27/h5,7,9,11-12,17,25,27H,6,8,10H2,1-4H3,(H,24,26)/t12-,17+/m1/s1. The van der Waals surface area contributed by atoms with Gasteiger partial charge in [-0.05, 0) is 49.8 Å². The van der Waals surface area contributed by atoms with Crippen LogP contribution in [0.4, 0.5) is 0 Å². The van der Waals surface area contributed by atoms with E-state index in [0.29, 0.717) is 5.56 Å². The van der Waals surface area contributed by atoms with Crippen LogP contribution < -0.4 is 15.2 Å². The number of aliphatic hydroxyl groups is 1. The van der Waals surface area contributed by atoms with E-state index in [1.54, 1.807) is 19.2 Å². The number of ether oxygens (including phenoxy) is 1. The lowest BCUT2D eigenvalue weighted by molar-refractivity contribution is 0.0759. The summed E-state index contributed by atoms with van der Waals surface area (Å²) in [7, 11) is -2.77. The van der Waals surface area contributed by atoms with Gasteiger partial charge in [0, 0.05) is 16.9 Å². The zero-order valence-corrected chi connectivity index (χ0v) is 20.5. The van der Waals surface area contributed by atoms with Gasteiger partial charge >= 0.3 is 5.76 Å². The van der Waals surface area contributed by atoms with E-state index in [1.807, 2.05) is 19.1 Å². The van der Waals surface area contributed by atoms with Gasteiger partial charge in [-0.15, -0.1) is 16.4 Å². The van der Waals surface area contributed by atoms with Crippen LogP contribution in [0.1, 0.15) is 67.3 Å². The maximum Gasteiger partial charge on any atom is 0.434 e. The minimum Gasteiger partial charge on any atom is -0.494 e. The Kier molecular flexibility index (Phi) is 6.25. The predicted octanol–water partition coefficient (Wildman–Crippen LogP) is 2.97. The molecule has 0 aliphatic heterocycles. The number of nitrogens with zero attached hydrogens (tertiary/aromatic N) is 1. The first-order chi connectivity index (χ1) is 15.5. The Balaban J connectivity index is 1.77. The third-order valence-corrected chi connectivity index (χ3v) is 8.93. The van der Waals surface area contributed by atoms with E-state index in [2.05, 4.69) is 21.0 Å². The van der Waals surface area contributed by atoms with E-state index in [0.717, 1.165) is 36.2 Å². The van der Waals surface area contributed by atoms with Gasteiger partial charge in [0.1, 0.15) is 6.04 Å². The molecule has 0 unspecified atom stereocenters. The number of rotatable bonds is 8. The quantitative estimate of drug-likeness (QED) is 0.439. The van der Waals surface area contributed by atoms with Crippen molar-refractivity contribution in [3.8, 4) is 5.75 Å². The van der Waals surface area contributed by atoms with Crippen molar-refractivity contribution in [2.75, 3.05) is 7.11 Å². The van der Waals surface area contributed by atoms with Gasteiger partial charge in [0.15, 0.2) is 9.96 Å². The number of aryl methyl sites for hydroxylation is 1. The number of fused-ring (bicyclic) bond motifs is 1. The molecule has 178 valence electrons. The maximum absolute atomic E-state index is 13.5. The molecule has 0 fully saturated rings. The number of aromatic nitrogens is 2. The first kappa shape index (κ1) is 23.7. The van der Waals surface area contributed by atoms with Crippen LogP contribution in [0.3, 0.4) is 0 Å². The molecule has 11 heteroatoms. The molecule has 0 saturated heterocycles. The van der Waals surface area contributed by atoms with E-state index in [-0.39, 0.29) is 21.8 Å². The Hall–Kier alpha value is -2.47. The number of aromatic amines is 1. The van der Waals surface area contributed by atoms with Crippen molar-refractivity contribution in [1.29, 1.82) is 0 Å². The highest BCUT2D eigenvalue weighted by atomic mass is 32.2. The van der Waals surface area contributed by atoms with Crippen molar-refractivity contribution in [2.24, 2.45) is 0 Å². The minimum absolute atomic E-state index is 0.0510. The van der Waals surface area contributed by atoms with Gasteiger partial charge in [-0.25, -0.2) is 18.3 Å². The van der Waals surface area contributed by atoms with Gasteiger partial charge in [-0.3, -0.25) is 0 Å². The molecular weight excluding hydrogens is 466 g/mol. The molecule has 0 amide bonds. The normalized spacial score (nSPS) is 15.9. The Morgan fingerprint density at radius 1 is 1.33 bits per heavy atom. The molecule has 2 aromatic heterocycles. The largest absolute Gasteiger partial charge is 0.494 e. The number of thiophene rings is 1. The Bertz CT molecular complexity index is 1320. The third kappa shape index (κ3) is 4.50. The van der Waals surface area contributed by atoms with Crippen LogP contribution in [0.15, 0.2) is 37.0 Å². The second-order valence-electron chi connectivity index (χ2n) is 8.71. The number of methoxy groups -OCH3 is 1. The zero-order chi connectivity index (χ0) is 24.0. The van der Waals surface area contributed by atoms with Crippen molar-refractivity contribution >= 4 is 21.4 Å². The molecule has 0 spiro atoms. The molecule has 1 aliphatic rings. The molecule has 1 aliphatic carbocycles. The summed E-state index contributed by atoms with van der Waals surface area (Å²) in [5.74, 6) is -1.11. The smallest absolute Gasteiger partial charge is 0.434 e. The summed E-state index contributed by atoms with van der Waals surface area (Å²) < 4.78 is 40.1. The van der Waals surface area contributed by atoms with E-state index in [4.69, 9.17) is 9.15 Å². The van der Waals surface area contributed by atoms with Crippen LogP contribution in [0.5, 0.6) is 5.75 Å². The monoisotopic (exact) mass is 493 g/mol. The summed E-state index contributed by atoms with van der Waals surface area (Å²) in [4.78, 5) is 11.7. The summed E-state index contributed by atoms with van der Waals surface area (Å²) >= 11 is 0.949. The van der Waals surface area contributed by atoms with Gasteiger partial charge in [0.2, 0.25) is 5.89 Å².